The van der Waals surface area contributed by atoms with Crippen molar-refractivity contribution in [1.29, 1.82) is 5.26 Å². The lowest BCUT2D eigenvalue weighted by atomic mass is 9.58. The first-order chi connectivity index (χ1) is 13.7. The number of methoxy groups -OCH3 is 2. The van der Waals surface area contributed by atoms with Gasteiger partial charge in [0, 0.05) is 17.0 Å². The highest BCUT2D eigenvalue weighted by Gasteiger charge is 2.55. The number of hydrogen-bond donors (Lipinski definition) is 0. The van der Waals surface area contributed by atoms with Crippen LogP contribution in [0.15, 0.2) is 18.2 Å². The molecule has 29 heavy (non-hydrogen) atoms. The van der Waals surface area contributed by atoms with Crippen LogP contribution in [0.1, 0.15) is 70.4 Å². The summed E-state index contributed by atoms with van der Waals surface area (Å²) < 4.78 is 17.8. The van der Waals surface area contributed by atoms with Crippen LogP contribution in [-0.4, -0.2) is 25.9 Å². The Kier molecular flexibility index (Phi) is 4.94. The Morgan fingerprint density at radius 2 is 1.90 bits per heavy atom. The van der Waals surface area contributed by atoms with E-state index in [2.05, 4.69) is 39.8 Å². The Hall–Kier alpha value is -1.99. The smallest absolute Gasteiger partial charge is 0.130 e. The van der Waals surface area contributed by atoms with Crippen molar-refractivity contribution in [2.24, 2.45) is 17.3 Å². The Balaban J connectivity index is 1.79. The molecule has 0 amide bonds. The SMILES string of the molecule is COc1cc(OC)c2c(c1)C(C#N)C[C@@H]1C2=CC[C@]2(C)[C@@H](OC(C)(C)C)CC[C@@H]12. The van der Waals surface area contributed by atoms with Gasteiger partial charge in [-0.1, -0.05) is 13.0 Å². The van der Waals surface area contributed by atoms with E-state index in [1.165, 1.54) is 5.57 Å². The average Bonchev–Trinajstić information content (AvgIpc) is 3.01. The van der Waals surface area contributed by atoms with Crippen LogP contribution in [0.25, 0.3) is 5.57 Å². The third-order valence-corrected chi connectivity index (χ3v) is 7.34. The molecule has 1 saturated carbocycles. The fraction of sp³-hybridized carbons (Fsp3) is 0.640. The summed E-state index contributed by atoms with van der Waals surface area (Å²) in [5.74, 6) is 2.34. The topological polar surface area (TPSA) is 51.5 Å². The maximum Gasteiger partial charge on any atom is 0.130 e. The van der Waals surface area contributed by atoms with Crippen molar-refractivity contribution in [3.05, 3.63) is 29.3 Å². The Bertz CT molecular complexity index is 875. The summed E-state index contributed by atoms with van der Waals surface area (Å²) in [6, 6.07) is 6.54. The molecule has 4 rings (SSSR count). The summed E-state index contributed by atoms with van der Waals surface area (Å²) in [6.45, 7) is 8.84. The molecule has 0 heterocycles. The second kappa shape index (κ2) is 7.06. The summed E-state index contributed by atoms with van der Waals surface area (Å²) in [5.41, 5.74) is 3.53. The number of nitriles is 1. The molecular formula is C25H33NO3. The molecule has 3 aliphatic carbocycles. The zero-order valence-electron chi connectivity index (χ0n) is 18.5. The maximum absolute atomic E-state index is 9.99. The second-order valence-corrected chi connectivity index (χ2v) is 10.1. The highest BCUT2D eigenvalue weighted by atomic mass is 16.5. The number of ether oxygens (including phenoxy) is 3. The van der Waals surface area contributed by atoms with E-state index in [1.807, 2.05) is 12.1 Å². The molecule has 156 valence electrons. The highest BCUT2D eigenvalue weighted by Crippen LogP contribution is 2.62. The summed E-state index contributed by atoms with van der Waals surface area (Å²) in [5, 5.41) is 9.99. The Morgan fingerprint density at radius 3 is 2.52 bits per heavy atom. The standard InChI is InChI=1S/C25H33NO3/c1-24(2,3)29-22-8-7-20-19-11-15(14-26)18-12-16(27-5)13-21(28-6)23(18)17(19)9-10-25(20,22)4/h9,12-13,15,19-20,22H,7-8,10-11H2,1-6H3/t15?,19-,20+,22+,25+/m1/s1. The van der Waals surface area contributed by atoms with Gasteiger partial charge >= 0.3 is 0 Å². The molecule has 4 nitrogen and oxygen atoms in total. The van der Waals surface area contributed by atoms with E-state index < -0.39 is 0 Å². The van der Waals surface area contributed by atoms with Gasteiger partial charge in [0.1, 0.15) is 11.5 Å². The molecule has 0 aliphatic heterocycles. The number of rotatable bonds is 3. The number of fused-ring (bicyclic) bond motifs is 5. The lowest BCUT2D eigenvalue weighted by molar-refractivity contribution is -0.112. The van der Waals surface area contributed by atoms with Crippen molar-refractivity contribution in [3.63, 3.8) is 0 Å². The van der Waals surface area contributed by atoms with E-state index in [0.717, 1.165) is 48.3 Å². The minimum absolute atomic E-state index is 0.124. The third kappa shape index (κ3) is 3.24. The summed E-state index contributed by atoms with van der Waals surface area (Å²) >= 11 is 0. The van der Waals surface area contributed by atoms with Crippen molar-refractivity contribution in [2.75, 3.05) is 14.2 Å². The molecule has 1 unspecified atom stereocenters. The molecule has 3 aliphatic rings. The molecule has 1 fully saturated rings. The Morgan fingerprint density at radius 1 is 1.14 bits per heavy atom. The van der Waals surface area contributed by atoms with Crippen LogP contribution in [-0.2, 0) is 4.74 Å². The molecule has 0 radical (unpaired) electrons. The van der Waals surface area contributed by atoms with E-state index in [0.29, 0.717) is 11.8 Å². The molecule has 0 spiro atoms. The van der Waals surface area contributed by atoms with E-state index in [9.17, 15) is 5.26 Å². The van der Waals surface area contributed by atoms with Crippen LogP contribution in [0.5, 0.6) is 11.5 Å². The fourth-order valence-electron chi connectivity index (χ4n) is 6.05. The molecule has 0 saturated heterocycles. The van der Waals surface area contributed by atoms with Gasteiger partial charge in [-0.25, -0.2) is 0 Å². The predicted molar refractivity (Wildman–Crippen MR) is 114 cm³/mol. The molecule has 0 N–H and O–H groups in total. The van der Waals surface area contributed by atoms with E-state index in [1.54, 1.807) is 14.2 Å². The number of hydrogen-bond acceptors (Lipinski definition) is 4. The van der Waals surface area contributed by atoms with Crippen molar-refractivity contribution in [2.45, 2.75) is 71.0 Å². The van der Waals surface area contributed by atoms with Crippen LogP contribution in [0.4, 0.5) is 0 Å². The van der Waals surface area contributed by atoms with Crippen molar-refractivity contribution < 1.29 is 14.2 Å². The Labute approximate surface area is 174 Å². The van der Waals surface area contributed by atoms with Gasteiger partial charge in [0.05, 0.1) is 37.9 Å². The van der Waals surface area contributed by atoms with Crippen LogP contribution >= 0.6 is 0 Å². The fourth-order valence-corrected chi connectivity index (χ4v) is 6.05. The van der Waals surface area contributed by atoms with Crippen molar-refractivity contribution in [3.8, 4) is 17.6 Å². The normalized spacial score (nSPS) is 33.1. The molecular weight excluding hydrogens is 362 g/mol. The summed E-state index contributed by atoms with van der Waals surface area (Å²) in [7, 11) is 3.36. The summed E-state index contributed by atoms with van der Waals surface area (Å²) in [6.07, 6.45) is 6.81. The molecule has 0 bridgehead atoms. The van der Waals surface area contributed by atoms with Gasteiger partial charge in [-0.2, -0.15) is 5.26 Å². The number of benzene rings is 1. The number of allylic oxidation sites excluding steroid dienone is 2. The number of nitrogens with zero attached hydrogens (tertiary/aromatic N) is 1. The van der Waals surface area contributed by atoms with Gasteiger partial charge < -0.3 is 14.2 Å². The van der Waals surface area contributed by atoms with E-state index in [4.69, 9.17) is 14.2 Å². The van der Waals surface area contributed by atoms with E-state index >= 15 is 0 Å². The van der Waals surface area contributed by atoms with Gasteiger partial charge in [0.15, 0.2) is 0 Å². The van der Waals surface area contributed by atoms with Crippen molar-refractivity contribution >= 4 is 5.57 Å². The maximum atomic E-state index is 9.99. The van der Waals surface area contributed by atoms with Crippen LogP contribution in [0.3, 0.4) is 0 Å². The molecule has 4 heteroatoms. The molecule has 5 atom stereocenters. The van der Waals surface area contributed by atoms with Gasteiger partial charge in [0.25, 0.3) is 0 Å². The first-order valence-corrected chi connectivity index (χ1v) is 10.8. The molecule has 0 aromatic heterocycles. The van der Waals surface area contributed by atoms with Gasteiger partial charge in [-0.15, -0.1) is 0 Å². The summed E-state index contributed by atoms with van der Waals surface area (Å²) in [4.78, 5) is 0. The lowest BCUT2D eigenvalue weighted by Crippen LogP contribution is -2.43. The highest BCUT2D eigenvalue weighted by molar-refractivity contribution is 5.79. The van der Waals surface area contributed by atoms with Crippen LogP contribution < -0.4 is 9.47 Å². The van der Waals surface area contributed by atoms with Crippen LogP contribution in [0.2, 0.25) is 0 Å². The molecule has 1 aromatic carbocycles. The average molecular weight is 396 g/mol. The van der Waals surface area contributed by atoms with Crippen LogP contribution in [0, 0.1) is 28.6 Å². The lowest BCUT2D eigenvalue weighted by Gasteiger charge is -2.48. The molecule has 1 aromatic rings. The quantitative estimate of drug-likeness (QED) is 0.657. The first-order valence-electron chi connectivity index (χ1n) is 10.8. The van der Waals surface area contributed by atoms with E-state index in [-0.39, 0.29) is 23.0 Å². The van der Waals surface area contributed by atoms with Crippen molar-refractivity contribution in [1.82, 2.24) is 0 Å². The zero-order chi connectivity index (χ0) is 21.0. The second-order valence-electron chi connectivity index (χ2n) is 10.1. The largest absolute Gasteiger partial charge is 0.497 e. The predicted octanol–water partition coefficient (Wildman–Crippen LogP) is 5.72. The minimum Gasteiger partial charge on any atom is -0.497 e. The zero-order valence-corrected chi connectivity index (χ0v) is 18.5. The van der Waals surface area contributed by atoms with Gasteiger partial charge in [-0.05, 0) is 75.5 Å². The third-order valence-electron chi connectivity index (χ3n) is 7.34. The minimum atomic E-state index is -0.138. The van der Waals surface area contributed by atoms with Gasteiger partial charge in [-0.3, -0.25) is 0 Å². The first kappa shape index (κ1) is 20.3. The van der Waals surface area contributed by atoms with Gasteiger partial charge in [0.2, 0.25) is 0 Å². The monoisotopic (exact) mass is 395 g/mol.